The molecule has 1 fully saturated rings. The van der Waals surface area contributed by atoms with Crippen LogP contribution in [0, 0.1) is 17.3 Å². The maximum Gasteiger partial charge on any atom is 0.303 e. The van der Waals surface area contributed by atoms with Crippen LogP contribution in [0.15, 0.2) is 54.6 Å². The Hall–Kier alpha value is -3.14. The Bertz CT molecular complexity index is 1180. The summed E-state index contributed by atoms with van der Waals surface area (Å²) in [5.41, 5.74) is -4.25. The van der Waals surface area contributed by atoms with Crippen LogP contribution in [0.2, 0.25) is 0 Å². The van der Waals surface area contributed by atoms with Crippen molar-refractivity contribution in [3.8, 4) is 0 Å². The normalized spacial score (nSPS) is 35.2. The molecule has 0 amide bonds. The molecule has 1 aromatic carbocycles. The Morgan fingerprint density at radius 1 is 1.02 bits per heavy atom. The monoisotopic (exact) mass is 556 g/mol. The minimum Gasteiger partial charge on any atom is -0.457 e. The first-order chi connectivity index (χ1) is 18.5. The molecule has 2 N–H and O–H groups in total. The van der Waals surface area contributed by atoms with Crippen molar-refractivity contribution in [3.63, 3.8) is 0 Å². The number of Topliss-reactive ketones (excluding diaryl/α,β-unsaturated/α-hetero) is 2. The molecular formula is C31H40O9. The van der Waals surface area contributed by atoms with Crippen LogP contribution in [0.1, 0.15) is 59.9 Å². The Balaban J connectivity index is 2.23. The molecule has 3 rings (SSSR count). The highest BCUT2D eigenvalue weighted by Crippen LogP contribution is 2.50. The lowest BCUT2D eigenvalue weighted by Gasteiger charge is -2.40. The van der Waals surface area contributed by atoms with Crippen LogP contribution in [-0.2, 0) is 40.0 Å². The van der Waals surface area contributed by atoms with Crippen molar-refractivity contribution in [2.75, 3.05) is 0 Å². The average molecular weight is 557 g/mol. The molecule has 0 aliphatic heterocycles. The van der Waals surface area contributed by atoms with Gasteiger partial charge in [-0.1, -0.05) is 56.0 Å². The van der Waals surface area contributed by atoms with E-state index < -0.39 is 70.9 Å². The first-order valence-corrected chi connectivity index (χ1v) is 13.4. The molecule has 0 saturated heterocycles. The summed E-state index contributed by atoms with van der Waals surface area (Å²) in [6, 6.07) is 9.12. The van der Waals surface area contributed by atoms with E-state index >= 15 is 0 Å². The molecule has 0 heterocycles. The molecule has 9 heteroatoms. The fraction of sp³-hybridized carbons (Fsp3) is 0.548. The van der Waals surface area contributed by atoms with E-state index in [0.29, 0.717) is 0 Å². The number of hydrogen-bond donors (Lipinski definition) is 2. The van der Waals surface area contributed by atoms with Crippen molar-refractivity contribution < 1.29 is 43.6 Å². The zero-order chi connectivity index (χ0) is 30.0. The summed E-state index contributed by atoms with van der Waals surface area (Å²) in [5.74, 6) is -4.61. The molecule has 40 heavy (non-hydrogen) atoms. The third-order valence-corrected chi connectivity index (χ3v) is 7.83. The largest absolute Gasteiger partial charge is 0.457 e. The molecule has 0 unspecified atom stereocenters. The second-order valence-corrected chi connectivity index (χ2v) is 11.8. The standard InChI is InChI=1S/C31H40O9/c1-18-13-14-29(5,6)24(34)15-23(39-20(3)32)19(2)26(40-21(4)33)25-28(38-16-22-11-9-8-10-12-22)30(7,36)17-31(25,37)27(18)35/h8-14,18,23,25-26,28,36-37H,2,15-17H2,1,3-7H3/b14-13+/t18-,23+,25-,26-,28+,30+,31+/m0/s1. The van der Waals surface area contributed by atoms with Gasteiger partial charge in [-0.2, -0.15) is 0 Å². The van der Waals surface area contributed by atoms with Crippen molar-refractivity contribution in [2.24, 2.45) is 17.3 Å². The van der Waals surface area contributed by atoms with Gasteiger partial charge in [0.2, 0.25) is 0 Å². The molecule has 0 radical (unpaired) electrons. The van der Waals surface area contributed by atoms with Crippen LogP contribution in [-0.4, -0.2) is 63.2 Å². The number of aliphatic hydroxyl groups is 2. The van der Waals surface area contributed by atoms with Crippen LogP contribution in [0.3, 0.4) is 0 Å². The highest BCUT2D eigenvalue weighted by atomic mass is 16.6. The van der Waals surface area contributed by atoms with Crippen molar-refractivity contribution in [1.82, 2.24) is 0 Å². The van der Waals surface area contributed by atoms with Crippen LogP contribution >= 0.6 is 0 Å². The Kier molecular flexibility index (Phi) is 9.23. The quantitative estimate of drug-likeness (QED) is 0.414. The van der Waals surface area contributed by atoms with Gasteiger partial charge in [0, 0.05) is 43.6 Å². The molecule has 1 saturated carbocycles. The van der Waals surface area contributed by atoms with Crippen molar-refractivity contribution in [3.05, 3.63) is 60.2 Å². The lowest BCUT2D eigenvalue weighted by atomic mass is 9.73. The van der Waals surface area contributed by atoms with Gasteiger partial charge < -0.3 is 24.4 Å². The van der Waals surface area contributed by atoms with Crippen molar-refractivity contribution in [2.45, 2.75) is 90.5 Å². The summed E-state index contributed by atoms with van der Waals surface area (Å²) < 4.78 is 17.4. The van der Waals surface area contributed by atoms with E-state index in [-0.39, 0.29) is 24.4 Å². The summed E-state index contributed by atoms with van der Waals surface area (Å²) in [6.07, 6.45) is -1.46. The lowest BCUT2D eigenvalue weighted by Crippen LogP contribution is -2.55. The molecule has 2 aliphatic carbocycles. The van der Waals surface area contributed by atoms with Gasteiger partial charge >= 0.3 is 11.9 Å². The number of ether oxygens (including phenoxy) is 3. The fourth-order valence-electron chi connectivity index (χ4n) is 5.69. The van der Waals surface area contributed by atoms with Gasteiger partial charge in [0.25, 0.3) is 0 Å². The van der Waals surface area contributed by atoms with Crippen LogP contribution in [0.5, 0.6) is 0 Å². The third kappa shape index (κ3) is 6.59. The number of ketones is 2. The molecule has 7 atom stereocenters. The smallest absolute Gasteiger partial charge is 0.303 e. The first kappa shape index (κ1) is 31.4. The summed E-state index contributed by atoms with van der Waals surface area (Å²) in [4.78, 5) is 51.8. The molecule has 1 aromatic rings. The second-order valence-electron chi connectivity index (χ2n) is 11.8. The first-order valence-electron chi connectivity index (χ1n) is 13.4. The average Bonchev–Trinajstić information content (AvgIpc) is 3.07. The van der Waals surface area contributed by atoms with Gasteiger partial charge in [-0.25, -0.2) is 0 Å². The molecule has 0 bridgehead atoms. The van der Waals surface area contributed by atoms with E-state index in [1.54, 1.807) is 32.9 Å². The number of benzene rings is 1. The molecule has 0 aromatic heterocycles. The number of allylic oxidation sites excluding steroid dienone is 2. The molecule has 2 aliphatic rings. The van der Waals surface area contributed by atoms with Gasteiger partial charge in [-0.15, -0.1) is 0 Å². The van der Waals surface area contributed by atoms with E-state index in [2.05, 4.69) is 6.58 Å². The maximum atomic E-state index is 14.0. The SMILES string of the molecule is C=C1[C@H](OC(C)=O)CC(=O)C(C)(C)/C=C/[C@H](C)C(=O)[C@@]2(O)C[C@@](C)(O)[C@H](OCc3ccccc3)[C@@H]2[C@H]1OC(C)=O. The third-order valence-electron chi connectivity index (χ3n) is 7.83. The van der Waals surface area contributed by atoms with Crippen molar-refractivity contribution >= 4 is 23.5 Å². The predicted molar refractivity (Wildman–Crippen MR) is 146 cm³/mol. The van der Waals surface area contributed by atoms with Crippen LogP contribution < -0.4 is 0 Å². The fourth-order valence-corrected chi connectivity index (χ4v) is 5.69. The van der Waals surface area contributed by atoms with Crippen molar-refractivity contribution in [1.29, 1.82) is 0 Å². The second kappa shape index (κ2) is 11.8. The van der Waals surface area contributed by atoms with Gasteiger partial charge in [0.1, 0.15) is 23.6 Å². The highest BCUT2D eigenvalue weighted by Gasteiger charge is 2.66. The molecule has 218 valence electrons. The zero-order valence-corrected chi connectivity index (χ0v) is 24.0. The zero-order valence-electron chi connectivity index (χ0n) is 24.0. The highest BCUT2D eigenvalue weighted by molar-refractivity contribution is 5.92. The molecule has 0 spiro atoms. The maximum absolute atomic E-state index is 14.0. The van der Waals surface area contributed by atoms with E-state index in [1.165, 1.54) is 13.8 Å². The molecule has 9 nitrogen and oxygen atoms in total. The summed E-state index contributed by atoms with van der Waals surface area (Å²) in [6.45, 7) is 12.8. The number of carbonyl (C=O) groups is 4. The lowest BCUT2D eigenvalue weighted by molar-refractivity contribution is -0.171. The Morgan fingerprint density at radius 3 is 2.20 bits per heavy atom. The number of rotatable bonds is 5. The summed E-state index contributed by atoms with van der Waals surface area (Å²) >= 11 is 0. The summed E-state index contributed by atoms with van der Waals surface area (Å²) in [7, 11) is 0. The number of carbonyl (C=O) groups excluding carboxylic acids is 4. The van der Waals surface area contributed by atoms with E-state index in [9.17, 15) is 29.4 Å². The van der Waals surface area contributed by atoms with E-state index in [1.807, 2.05) is 30.3 Å². The number of esters is 2. The van der Waals surface area contributed by atoms with Gasteiger partial charge in [-0.05, 0) is 26.3 Å². The number of fused-ring (bicyclic) bond motifs is 1. The summed E-state index contributed by atoms with van der Waals surface area (Å²) in [5, 5.41) is 23.7. The predicted octanol–water partition coefficient (Wildman–Crippen LogP) is 3.25. The Morgan fingerprint density at radius 2 is 1.62 bits per heavy atom. The minimum absolute atomic E-state index is 0.00556. The topological polar surface area (TPSA) is 136 Å². The van der Waals surface area contributed by atoms with E-state index in [0.717, 1.165) is 12.5 Å². The van der Waals surface area contributed by atoms with Gasteiger partial charge in [0.15, 0.2) is 5.78 Å². The molecular weight excluding hydrogens is 516 g/mol. The van der Waals surface area contributed by atoms with Crippen LogP contribution in [0.25, 0.3) is 0 Å². The Labute approximate surface area is 235 Å². The van der Waals surface area contributed by atoms with Crippen LogP contribution in [0.4, 0.5) is 0 Å². The number of hydrogen-bond acceptors (Lipinski definition) is 9. The van der Waals surface area contributed by atoms with Gasteiger partial charge in [0.05, 0.1) is 24.2 Å². The van der Waals surface area contributed by atoms with E-state index in [4.69, 9.17) is 14.2 Å². The minimum atomic E-state index is -2.23. The van der Waals surface area contributed by atoms with Gasteiger partial charge in [-0.3, -0.25) is 19.2 Å².